The molecular formula is C14H23N3O. The molecule has 0 bridgehead atoms. The van der Waals surface area contributed by atoms with Crippen LogP contribution >= 0.6 is 0 Å². The molecule has 0 radical (unpaired) electrons. The van der Waals surface area contributed by atoms with E-state index in [0.29, 0.717) is 11.8 Å². The molecule has 3 rings (SSSR count). The third kappa shape index (κ3) is 2.45. The van der Waals surface area contributed by atoms with Gasteiger partial charge >= 0.3 is 0 Å². The van der Waals surface area contributed by atoms with Gasteiger partial charge in [0.25, 0.3) is 0 Å². The second kappa shape index (κ2) is 5.41. The first kappa shape index (κ1) is 12.2. The van der Waals surface area contributed by atoms with Gasteiger partial charge in [-0.05, 0) is 38.3 Å². The van der Waals surface area contributed by atoms with E-state index in [4.69, 9.17) is 9.84 Å². The first-order valence-electron chi connectivity index (χ1n) is 7.17. The van der Waals surface area contributed by atoms with Gasteiger partial charge in [0.15, 0.2) is 0 Å². The van der Waals surface area contributed by atoms with Crippen LogP contribution in [-0.4, -0.2) is 36.1 Å². The van der Waals surface area contributed by atoms with Crippen molar-refractivity contribution in [3.05, 3.63) is 17.5 Å². The van der Waals surface area contributed by atoms with Gasteiger partial charge < -0.3 is 10.1 Å². The van der Waals surface area contributed by atoms with Gasteiger partial charge in [0.05, 0.1) is 5.69 Å². The Morgan fingerprint density at radius 2 is 2.11 bits per heavy atom. The zero-order chi connectivity index (χ0) is 12.4. The smallest absolute Gasteiger partial charge is 0.0671 e. The van der Waals surface area contributed by atoms with Crippen LogP contribution in [0.4, 0.5) is 0 Å². The topological polar surface area (TPSA) is 39.1 Å². The first-order valence-corrected chi connectivity index (χ1v) is 7.17. The van der Waals surface area contributed by atoms with E-state index < -0.39 is 0 Å². The third-order valence-corrected chi connectivity index (χ3v) is 4.29. The first-order chi connectivity index (χ1) is 8.84. The summed E-state index contributed by atoms with van der Waals surface area (Å²) in [6, 6.07) is 2.34. The van der Waals surface area contributed by atoms with E-state index in [1.807, 2.05) is 0 Å². The number of nitrogens with zero attached hydrogens (tertiary/aromatic N) is 2. The fraction of sp³-hybridized carbons (Fsp3) is 0.786. The Hall–Kier alpha value is -0.870. The van der Waals surface area contributed by atoms with Crippen molar-refractivity contribution in [2.45, 2.75) is 37.5 Å². The summed E-state index contributed by atoms with van der Waals surface area (Å²) in [6.07, 6.45) is 4.83. The minimum Gasteiger partial charge on any atom is -0.381 e. The SMILES string of the molecule is Cn1nc(C2CCCNC2)cc1C1CCOCC1. The summed E-state index contributed by atoms with van der Waals surface area (Å²) in [5.74, 6) is 1.25. The molecule has 4 heteroatoms. The lowest BCUT2D eigenvalue weighted by molar-refractivity contribution is 0.0837. The normalized spacial score (nSPS) is 26.4. The number of aryl methyl sites for hydroxylation is 1. The molecule has 0 amide bonds. The third-order valence-electron chi connectivity index (χ3n) is 4.29. The van der Waals surface area contributed by atoms with Gasteiger partial charge in [-0.2, -0.15) is 5.10 Å². The van der Waals surface area contributed by atoms with Crippen molar-refractivity contribution in [2.24, 2.45) is 7.05 Å². The van der Waals surface area contributed by atoms with Crippen LogP contribution in [-0.2, 0) is 11.8 Å². The lowest BCUT2D eigenvalue weighted by atomic mass is 9.93. The van der Waals surface area contributed by atoms with Crippen LogP contribution in [0.15, 0.2) is 6.07 Å². The number of hydrogen-bond acceptors (Lipinski definition) is 3. The zero-order valence-corrected chi connectivity index (χ0v) is 11.2. The van der Waals surface area contributed by atoms with Crippen molar-refractivity contribution < 1.29 is 4.74 Å². The molecule has 2 aliphatic heterocycles. The number of hydrogen-bond donors (Lipinski definition) is 1. The van der Waals surface area contributed by atoms with Crippen LogP contribution < -0.4 is 5.32 Å². The molecule has 2 aliphatic rings. The largest absolute Gasteiger partial charge is 0.381 e. The second-order valence-electron chi connectivity index (χ2n) is 5.55. The second-order valence-corrected chi connectivity index (χ2v) is 5.55. The van der Waals surface area contributed by atoms with Gasteiger partial charge in [0, 0.05) is 44.3 Å². The molecule has 18 heavy (non-hydrogen) atoms. The predicted molar refractivity (Wildman–Crippen MR) is 70.8 cm³/mol. The Morgan fingerprint density at radius 3 is 2.83 bits per heavy atom. The van der Waals surface area contributed by atoms with Crippen molar-refractivity contribution in [3.8, 4) is 0 Å². The molecule has 1 N–H and O–H groups in total. The molecule has 2 fully saturated rings. The van der Waals surface area contributed by atoms with E-state index in [2.05, 4.69) is 23.1 Å². The van der Waals surface area contributed by atoms with Gasteiger partial charge in [0.1, 0.15) is 0 Å². The van der Waals surface area contributed by atoms with Crippen molar-refractivity contribution in [2.75, 3.05) is 26.3 Å². The summed E-state index contributed by atoms with van der Waals surface area (Å²) in [7, 11) is 2.09. The predicted octanol–water partition coefficient (Wildman–Crippen LogP) is 1.78. The molecule has 3 heterocycles. The van der Waals surface area contributed by atoms with E-state index in [0.717, 1.165) is 39.1 Å². The fourth-order valence-corrected chi connectivity index (χ4v) is 3.18. The molecular weight excluding hydrogens is 226 g/mol. The summed E-state index contributed by atoms with van der Waals surface area (Å²) in [5, 5.41) is 8.22. The number of piperidine rings is 1. The summed E-state index contributed by atoms with van der Waals surface area (Å²) < 4.78 is 7.54. The van der Waals surface area contributed by atoms with Crippen LogP contribution in [0.3, 0.4) is 0 Å². The Labute approximate surface area is 109 Å². The van der Waals surface area contributed by atoms with Crippen molar-refractivity contribution in [1.29, 1.82) is 0 Å². The van der Waals surface area contributed by atoms with E-state index >= 15 is 0 Å². The van der Waals surface area contributed by atoms with E-state index in [1.165, 1.54) is 24.2 Å². The molecule has 0 aliphatic carbocycles. The highest BCUT2D eigenvalue weighted by Gasteiger charge is 2.23. The maximum atomic E-state index is 5.44. The highest BCUT2D eigenvalue weighted by molar-refractivity contribution is 5.19. The summed E-state index contributed by atoms with van der Waals surface area (Å²) in [6.45, 7) is 4.05. The molecule has 1 atom stereocenters. The molecule has 0 aromatic carbocycles. The maximum Gasteiger partial charge on any atom is 0.0671 e. The van der Waals surface area contributed by atoms with Crippen molar-refractivity contribution >= 4 is 0 Å². The van der Waals surface area contributed by atoms with Gasteiger partial charge in [-0.15, -0.1) is 0 Å². The lowest BCUT2D eigenvalue weighted by Crippen LogP contribution is -2.28. The molecule has 0 spiro atoms. The molecule has 0 saturated carbocycles. The molecule has 1 aromatic rings. The average molecular weight is 249 g/mol. The van der Waals surface area contributed by atoms with Crippen molar-refractivity contribution in [1.82, 2.24) is 15.1 Å². The molecule has 4 nitrogen and oxygen atoms in total. The standard InChI is InChI=1S/C14H23N3O/c1-17-14(11-4-7-18-8-5-11)9-13(16-17)12-3-2-6-15-10-12/h9,11-12,15H,2-8,10H2,1H3. The number of ether oxygens (including phenoxy) is 1. The highest BCUT2D eigenvalue weighted by atomic mass is 16.5. The Morgan fingerprint density at radius 1 is 1.28 bits per heavy atom. The molecule has 100 valence electrons. The number of nitrogens with one attached hydrogen (secondary N) is 1. The minimum atomic E-state index is 0.610. The average Bonchev–Trinajstić information content (AvgIpc) is 2.83. The van der Waals surface area contributed by atoms with Gasteiger partial charge in [-0.3, -0.25) is 4.68 Å². The van der Waals surface area contributed by atoms with E-state index in [-0.39, 0.29) is 0 Å². The van der Waals surface area contributed by atoms with Crippen LogP contribution in [0.5, 0.6) is 0 Å². The maximum absolute atomic E-state index is 5.44. The highest BCUT2D eigenvalue weighted by Crippen LogP contribution is 2.30. The summed E-state index contributed by atoms with van der Waals surface area (Å²) >= 11 is 0. The molecule has 1 unspecified atom stereocenters. The van der Waals surface area contributed by atoms with Gasteiger partial charge in [0.2, 0.25) is 0 Å². The van der Waals surface area contributed by atoms with E-state index in [1.54, 1.807) is 0 Å². The van der Waals surface area contributed by atoms with E-state index in [9.17, 15) is 0 Å². The Balaban J connectivity index is 1.76. The summed E-state index contributed by atoms with van der Waals surface area (Å²) in [4.78, 5) is 0. The quantitative estimate of drug-likeness (QED) is 0.868. The lowest BCUT2D eigenvalue weighted by Gasteiger charge is -2.22. The van der Waals surface area contributed by atoms with Crippen LogP contribution in [0.1, 0.15) is 48.9 Å². The number of aromatic nitrogens is 2. The monoisotopic (exact) mass is 249 g/mol. The number of rotatable bonds is 2. The van der Waals surface area contributed by atoms with Crippen LogP contribution in [0.2, 0.25) is 0 Å². The van der Waals surface area contributed by atoms with Crippen LogP contribution in [0, 0.1) is 0 Å². The van der Waals surface area contributed by atoms with Gasteiger partial charge in [-0.25, -0.2) is 0 Å². The van der Waals surface area contributed by atoms with Gasteiger partial charge in [-0.1, -0.05) is 0 Å². The Kier molecular flexibility index (Phi) is 3.66. The zero-order valence-electron chi connectivity index (χ0n) is 11.2. The summed E-state index contributed by atoms with van der Waals surface area (Å²) in [5.41, 5.74) is 2.69. The van der Waals surface area contributed by atoms with Crippen LogP contribution in [0.25, 0.3) is 0 Å². The fourth-order valence-electron chi connectivity index (χ4n) is 3.18. The molecule has 2 saturated heterocycles. The molecule has 1 aromatic heterocycles. The Bertz CT molecular complexity index is 390. The minimum absolute atomic E-state index is 0.610. The van der Waals surface area contributed by atoms with Crippen molar-refractivity contribution in [3.63, 3.8) is 0 Å².